The topological polar surface area (TPSA) is 88.7 Å². The van der Waals surface area contributed by atoms with Crippen molar-refractivity contribution in [2.75, 3.05) is 26.8 Å². The summed E-state index contributed by atoms with van der Waals surface area (Å²) in [7, 11) is 1.33. The van der Waals surface area contributed by atoms with Gasteiger partial charge < -0.3 is 14.5 Å². The van der Waals surface area contributed by atoms with Crippen molar-refractivity contribution in [2.45, 2.75) is 46.6 Å². The van der Waals surface area contributed by atoms with Crippen LogP contribution < -0.4 is 0 Å². The summed E-state index contributed by atoms with van der Waals surface area (Å²) >= 11 is 0. The summed E-state index contributed by atoms with van der Waals surface area (Å²) in [6.45, 7) is 8.89. The lowest BCUT2D eigenvalue weighted by molar-refractivity contribution is -0.149. The SMILES string of the molecule is CCOC(=O)C1CCN([C@@H](C)C(=O)c2[nH]c(C)c(C(=O)OC)c2C)CC1. The molecule has 1 aromatic heterocycles. The second-order valence-electron chi connectivity index (χ2n) is 6.72. The number of aromatic amines is 1. The van der Waals surface area contributed by atoms with Gasteiger partial charge in [-0.1, -0.05) is 0 Å². The highest BCUT2D eigenvalue weighted by Gasteiger charge is 2.32. The van der Waals surface area contributed by atoms with E-state index in [4.69, 9.17) is 9.47 Å². The molecule has 1 atom stereocenters. The van der Waals surface area contributed by atoms with Crippen molar-refractivity contribution >= 4 is 17.7 Å². The Bertz CT molecular complexity index is 686. The molecule has 1 N–H and O–H groups in total. The maximum absolute atomic E-state index is 12.9. The molecule has 26 heavy (non-hydrogen) atoms. The Morgan fingerprint density at radius 3 is 2.38 bits per heavy atom. The molecular formula is C19H28N2O5. The molecule has 1 fully saturated rings. The van der Waals surface area contributed by atoms with Crippen molar-refractivity contribution in [3.8, 4) is 0 Å². The van der Waals surface area contributed by atoms with Gasteiger partial charge in [-0.25, -0.2) is 4.79 Å². The summed E-state index contributed by atoms with van der Waals surface area (Å²) < 4.78 is 9.88. The van der Waals surface area contributed by atoms with Crippen molar-refractivity contribution in [2.24, 2.45) is 5.92 Å². The molecular weight excluding hydrogens is 336 g/mol. The molecule has 7 nitrogen and oxygen atoms in total. The van der Waals surface area contributed by atoms with E-state index in [1.807, 2.05) is 6.92 Å². The predicted octanol–water partition coefficient (Wildman–Crippen LogP) is 2.26. The second kappa shape index (κ2) is 8.49. The lowest BCUT2D eigenvalue weighted by Gasteiger charge is -2.34. The van der Waals surface area contributed by atoms with Gasteiger partial charge in [0.15, 0.2) is 5.78 Å². The fourth-order valence-electron chi connectivity index (χ4n) is 3.56. The standard InChI is InChI=1S/C19H28N2O5/c1-6-26-18(23)14-7-9-21(10-8-14)13(4)17(22)16-11(2)15(12(3)20-16)19(24)25-5/h13-14,20H,6-10H2,1-5H3/t13-/m0/s1. The minimum Gasteiger partial charge on any atom is -0.466 e. The molecule has 144 valence electrons. The molecule has 0 radical (unpaired) electrons. The highest BCUT2D eigenvalue weighted by molar-refractivity contribution is 6.03. The van der Waals surface area contributed by atoms with Crippen LogP contribution in [0.2, 0.25) is 0 Å². The molecule has 2 heterocycles. The van der Waals surface area contributed by atoms with Crippen molar-refractivity contribution in [3.05, 3.63) is 22.5 Å². The number of esters is 2. The number of piperidine rings is 1. The van der Waals surface area contributed by atoms with E-state index >= 15 is 0 Å². The van der Waals surface area contributed by atoms with Crippen molar-refractivity contribution in [1.82, 2.24) is 9.88 Å². The third kappa shape index (κ3) is 3.98. The van der Waals surface area contributed by atoms with E-state index in [1.54, 1.807) is 20.8 Å². The van der Waals surface area contributed by atoms with Gasteiger partial charge in [-0.3, -0.25) is 14.5 Å². The Labute approximate surface area is 154 Å². The Morgan fingerprint density at radius 2 is 1.85 bits per heavy atom. The van der Waals surface area contributed by atoms with Crippen LogP contribution in [0.3, 0.4) is 0 Å². The quantitative estimate of drug-likeness (QED) is 0.615. The fourth-order valence-corrected chi connectivity index (χ4v) is 3.56. The molecule has 1 aliphatic rings. The van der Waals surface area contributed by atoms with Crippen molar-refractivity contribution < 1.29 is 23.9 Å². The van der Waals surface area contributed by atoms with Gasteiger partial charge in [0, 0.05) is 5.69 Å². The number of hydrogen-bond donors (Lipinski definition) is 1. The molecule has 0 bridgehead atoms. The normalized spacial score (nSPS) is 17.0. The van der Waals surface area contributed by atoms with Crippen LogP contribution in [-0.4, -0.2) is 60.5 Å². The van der Waals surface area contributed by atoms with Crippen LogP contribution in [0.4, 0.5) is 0 Å². The first kappa shape index (κ1) is 20.2. The third-order valence-electron chi connectivity index (χ3n) is 5.15. The molecule has 0 amide bonds. The number of ketones is 1. The van der Waals surface area contributed by atoms with Crippen LogP contribution in [0.15, 0.2) is 0 Å². The summed E-state index contributed by atoms with van der Waals surface area (Å²) in [5, 5.41) is 0. The minimum atomic E-state index is -0.446. The van der Waals surface area contributed by atoms with E-state index in [-0.39, 0.29) is 23.7 Å². The fraction of sp³-hybridized carbons (Fsp3) is 0.632. The van der Waals surface area contributed by atoms with E-state index in [0.29, 0.717) is 55.1 Å². The van der Waals surface area contributed by atoms with Gasteiger partial charge in [-0.05, 0) is 59.2 Å². The van der Waals surface area contributed by atoms with Gasteiger partial charge in [-0.2, -0.15) is 0 Å². The first-order chi connectivity index (χ1) is 12.3. The van der Waals surface area contributed by atoms with Gasteiger partial charge >= 0.3 is 11.9 Å². The largest absolute Gasteiger partial charge is 0.466 e. The molecule has 0 saturated carbocycles. The summed E-state index contributed by atoms with van der Waals surface area (Å²) in [5.41, 5.74) is 2.12. The molecule has 1 saturated heterocycles. The van der Waals surface area contributed by atoms with Gasteiger partial charge in [0.05, 0.1) is 36.9 Å². The zero-order valence-electron chi connectivity index (χ0n) is 16.2. The summed E-state index contributed by atoms with van der Waals surface area (Å²) in [6.07, 6.45) is 1.37. The number of likely N-dealkylation sites (tertiary alicyclic amines) is 1. The smallest absolute Gasteiger partial charge is 0.339 e. The number of methoxy groups -OCH3 is 1. The van der Waals surface area contributed by atoms with Crippen LogP contribution >= 0.6 is 0 Å². The highest BCUT2D eigenvalue weighted by atomic mass is 16.5. The van der Waals surface area contributed by atoms with E-state index < -0.39 is 5.97 Å². The summed E-state index contributed by atoms with van der Waals surface area (Å²) in [5.74, 6) is -0.743. The zero-order chi connectivity index (χ0) is 19.4. The van der Waals surface area contributed by atoms with Crippen LogP contribution in [0.1, 0.15) is 58.8 Å². The third-order valence-corrected chi connectivity index (χ3v) is 5.15. The average molecular weight is 364 g/mol. The van der Waals surface area contributed by atoms with E-state index in [0.717, 1.165) is 0 Å². The number of hydrogen-bond acceptors (Lipinski definition) is 6. The molecule has 0 spiro atoms. The molecule has 1 aliphatic heterocycles. The predicted molar refractivity (Wildman–Crippen MR) is 96.3 cm³/mol. The number of nitrogens with one attached hydrogen (secondary N) is 1. The van der Waals surface area contributed by atoms with E-state index in [1.165, 1.54) is 7.11 Å². The van der Waals surface area contributed by atoms with E-state index in [9.17, 15) is 14.4 Å². The number of carbonyl (C=O) groups is 3. The Hall–Kier alpha value is -2.15. The van der Waals surface area contributed by atoms with Gasteiger partial charge in [0.25, 0.3) is 0 Å². The molecule has 0 aliphatic carbocycles. The highest BCUT2D eigenvalue weighted by Crippen LogP contribution is 2.24. The molecule has 1 aromatic rings. The molecule has 0 aromatic carbocycles. The van der Waals surface area contributed by atoms with Gasteiger partial charge in [-0.15, -0.1) is 0 Å². The number of aryl methyl sites for hydroxylation is 1. The van der Waals surface area contributed by atoms with Gasteiger partial charge in [0.1, 0.15) is 0 Å². The number of H-pyrrole nitrogens is 1. The first-order valence-corrected chi connectivity index (χ1v) is 9.04. The number of carbonyl (C=O) groups excluding carboxylic acids is 3. The maximum Gasteiger partial charge on any atom is 0.339 e. The lowest BCUT2D eigenvalue weighted by atomic mass is 9.94. The number of rotatable bonds is 6. The molecule has 0 unspecified atom stereocenters. The van der Waals surface area contributed by atoms with E-state index in [2.05, 4.69) is 9.88 Å². The lowest BCUT2D eigenvalue weighted by Crippen LogP contribution is -2.45. The van der Waals surface area contributed by atoms with Crippen molar-refractivity contribution in [3.63, 3.8) is 0 Å². The number of aromatic nitrogens is 1. The average Bonchev–Trinajstić information content (AvgIpc) is 2.94. The first-order valence-electron chi connectivity index (χ1n) is 9.04. The maximum atomic E-state index is 12.9. The molecule has 2 rings (SSSR count). The zero-order valence-corrected chi connectivity index (χ0v) is 16.2. The Balaban J connectivity index is 2.07. The number of Topliss-reactive ketones (excluding diaryl/α,β-unsaturated/α-hetero) is 1. The van der Waals surface area contributed by atoms with Crippen LogP contribution in [0.25, 0.3) is 0 Å². The van der Waals surface area contributed by atoms with Gasteiger partial charge in [0.2, 0.25) is 0 Å². The van der Waals surface area contributed by atoms with Crippen molar-refractivity contribution in [1.29, 1.82) is 0 Å². The van der Waals surface area contributed by atoms with Crippen LogP contribution in [-0.2, 0) is 14.3 Å². The van der Waals surface area contributed by atoms with Crippen LogP contribution in [0, 0.1) is 19.8 Å². The number of nitrogens with zero attached hydrogens (tertiary/aromatic N) is 1. The number of ether oxygens (including phenoxy) is 2. The van der Waals surface area contributed by atoms with Crippen LogP contribution in [0.5, 0.6) is 0 Å². The summed E-state index contributed by atoms with van der Waals surface area (Å²) in [6, 6.07) is -0.333. The molecule has 7 heteroatoms. The second-order valence-corrected chi connectivity index (χ2v) is 6.72. The summed E-state index contributed by atoms with van der Waals surface area (Å²) in [4.78, 5) is 41.8. The monoisotopic (exact) mass is 364 g/mol. The Morgan fingerprint density at radius 1 is 1.23 bits per heavy atom. The Kier molecular flexibility index (Phi) is 6.58. The minimum absolute atomic E-state index is 0.0599.